The van der Waals surface area contributed by atoms with Gasteiger partial charge in [-0.05, 0) is 43.2 Å². The van der Waals surface area contributed by atoms with Crippen molar-refractivity contribution in [3.05, 3.63) is 60.2 Å². The van der Waals surface area contributed by atoms with Crippen molar-refractivity contribution in [2.75, 3.05) is 20.2 Å². The third-order valence-corrected chi connectivity index (χ3v) is 4.79. The van der Waals surface area contributed by atoms with Gasteiger partial charge in [0.1, 0.15) is 5.75 Å². The lowest BCUT2D eigenvalue weighted by atomic mass is 9.94. The molecule has 1 unspecified atom stereocenters. The largest absolute Gasteiger partial charge is 0.497 e. The zero-order valence-electron chi connectivity index (χ0n) is 15.3. The van der Waals surface area contributed by atoms with Crippen LogP contribution in [0.5, 0.6) is 5.75 Å². The summed E-state index contributed by atoms with van der Waals surface area (Å²) < 4.78 is 26.1. The van der Waals surface area contributed by atoms with E-state index in [4.69, 9.17) is 9.26 Å². The van der Waals surface area contributed by atoms with E-state index in [0.717, 1.165) is 0 Å². The first-order valence-corrected chi connectivity index (χ1v) is 8.96. The number of methoxy groups -OCH3 is 1. The van der Waals surface area contributed by atoms with Gasteiger partial charge in [0.25, 0.3) is 11.8 Å². The molecule has 0 N–H and O–H groups in total. The van der Waals surface area contributed by atoms with E-state index in [9.17, 15) is 4.79 Å². The molecular weight excluding hydrogens is 363 g/mol. The number of benzene rings is 1. The van der Waals surface area contributed by atoms with Crippen LogP contribution in [0, 0.1) is 0 Å². The lowest BCUT2D eigenvalue weighted by Crippen LogP contribution is -2.46. The summed E-state index contributed by atoms with van der Waals surface area (Å²) in [4.78, 5) is 22.5. The molecule has 3 aromatic rings. The van der Waals surface area contributed by atoms with Gasteiger partial charge in [0.15, 0.2) is 0 Å². The van der Waals surface area contributed by atoms with E-state index in [1.54, 1.807) is 48.8 Å². The molecule has 7 nitrogen and oxygen atoms in total. The molecule has 1 amide bonds. The summed E-state index contributed by atoms with van der Waals surface area (Å²) in [5.74, 6) is 0.510. The number of hydrogen-bond acceptors (Lipinski definition) is 6. The summed E-state index contributed by atoms with van der Waals surface area (Å²) in [5, 5.41) is 3.88. The molecule has 1 saturated heterocycles. The number of nitrogens with zero attached hydrogens (tertiary/aromatic N) is 4. The molecule has 8 heteroatoms. The first-order chi connectivity index (χ1) is 13.6. The Morgan fingerprint density at radius 2 is 2.11 bits per heavy atom. The number of aromatic nitrogens is 3. The molecule has 4 rings (SSSR count). The van der Waals surface area contributed by atoms with Crippen molar-refractivity contribution in [2.45, 2.75) is 18.5 Å². The molecule has 0 spiro atoms. The number of likely N-dealkylation sites (tertiary alicyclic amines) is 1. The molecule has 1 atom stereocenters. The second-order valence-electron chi connectivity index (χ2n) is 6.69. The predicted octanol–water partition coefficient (Wildman–Crippen LogP) is 3.24. The van der Waals surface area contributed by atoms with Gasteiger partial charge in [0, 0.05) is 30.1 Å². The molecule has 0 bridgehead atoms. The fourth-order valence-corrected chi connectivity index (χ4v) is 3.32. The third kappa shape index (κ3) is 3.45. The van der Waals surface area contributed by atoms with Gasteiger partial charge >= 0.3 is 0 Å². The van der Waals surface area contributed by atoms with Gasteiger partial charge in [0.2, 0.25) is 11.5 Å². The van der Waals surface area contributed by atoms with Gasteiger partial charge in [-0.1, -0.05) is 11.2 Å². The van der Waals surface area contributed by atoms with Gasteiger partial charge < -0.3 is 14.2 Å². The van der Waals surface area contributed by atoms with E-state index in [1.165, 1.54) is 12.0 Å². The molecule has 1 fully saturated rings. The van der Waals surface area contributed by atoms with Crippen molar-refractivity contribution in [3.8, 4) is 17.1 Å². The Bertz CT molecular complexity index is 978. The van der Waals surface area contributed by atoms with Crippen LogP contribution in [0.2, 0.25) is 0 Å². The van der Waals surface area contributed by atoms with Crippen LogP contribution >= 0.6 is 0 Å². The fourth-order valence-electron chi connectivity index (χ4n) is 3.32. The maximum atomic E-state index is 15.7. The summed E-state index contributed by atoms with van der Waals surface area (Å²) in [6.45, 7) is 0.327. The highest BCUT2D eigenvalue weighted by molar-refractivity contribution is 5.94. The highest BCUT2D eigenvalue weighted by Gasteiger charge is 2.44. The second-order valence-corrected chi connectivity index (χ2v) is 6.69. The van der Waals surface area contributed by atoms with Crippen molar-refractivity contribution in [2.24, 2.45) is 0 Å². The first-order valence-electron chi connectivity index (χ1n) is 8.96. The lowest BCUT2D eigenvalue weighted by Gasteiger charge is -2.35. The molecule has 1 aliphatic rings. The van der Waals surface area contributed by atoms with Crippen LogP contribution in [0.15, 0.2) is 53.3 Å². The van der Waals surface area contributed by atoms with Crippen LogP contribution in [-0.2, 0) is 5.67 Å². The molecule has 0 radical (unpaired) electrons. The monoisotopic (exact) mass is 382 g/mol. The first kappa shape index (κ1) is 18.1. The number of ether oxygens (including phenoxy) is 1. The van der Waals surface area contributed by atoms with Crippen LogP contribution in [-0.4, -0.2) is 46.1 Å². The van der Waals surface area contributed by atoms with Gasteiger partial charge in [-0.2, -0.15) is 4.98 Å². The zero-order chi connectivity index (χ0) is 19.6. The molecule has 2 aromatic heterocycles. The average molecular weight is 382 g/mol. The standard InChI is InChI=1S/C20H19FN4O3/c1-27-16-5-2-4-15(12-16)18(26)25-11-3-8-20(21,13-25)19-23-17(24-28-19)14-6-9-22-10-7-14/h2,4-7,9-10,12H,3,8,11,13H2,1H3. The Morgan fingerprint density at radius 1 is 1.29 bits per heavy atom. The van der Waals surface area contributed by atoms with E-state index in [0.29, 0.717) is 35.7 Å². The number of halogens is 1. The molecule has 0 aliphatic carbocycles. The second kappa shape index (κ2) is 7.38. The van der Waals surface area contributed by atoms with Crippen LogP contribution in [0.1, 0.15) is 29.1 Å². The number of pyridine rings is 1. The maximum absolute atomic E-state index is 15.7. The minimum absolute atomic E-state index is 0.109. The van der Waals surface area contributed by atoms with Crippen molar-refractivity contribution in [3.63, 3.8) is 0 Å². The summed E-state index contributed by atoms with van der Waals surface area (Å²) in [6, 6.07) is 10.3. The smallest absolute Gasteiger partial charge is 0.266 e. The Labute approximate surface area is 161 Å². The van der Waals surface area contributed by atoms with Gasteiger partial charge in [-0.15, -0.1) is 0 Å². The van der Waals surface area contributed by atoms with E-state index >= 15 is 4.39 Å². The van der Waals surface area contributed by atoms with Gasteiger partial charge in [-0.25, -0.2) is 4.39 Å². The number of carbonyl (C=O) groups is 1. The molecule has 144 valence electrons. The van der Waals surface area contributed by atoms with Crippen LogP contribution in [0.4, 0.5) is 4.39 Å². The number of piperidine rings is 1. The topological polar surface area (TPSA) is 81.4 Å². The molecule has 1 aliphatic heterocycles. The van der Waals surface area contributed by atoms with Crippen molar-refractivity contribution in [1.82, 2.24) is 20.0 Å². The predicted molar refractivity (Wildman–Crippen MR) is 98.4 cm³/mol. The molecule has 28 heavy (non-hydrogen) atoms. The van der Waals surface area contributed by atoms with E-state index in [-0.39, 0.29) is 24.8 Å². The normalized spacial score (nSPS) is 19.4. The summed E-state index contributed by atoms with van der Waals surface area (Å²) in [6.07, 6.45) is 3.92. The van der Waals surface area contributed by atoms with Crippen LogP contribution in [0.3, 0.4) is 0 Å². The van der Waals surface area contributed by atoms with Crippen molar-refractivity contribution >= 4 is 5.91 Å². The minimum atomic E-state index is -1.88. The summed E-state index contributed by atoms with van der Waals surface area (Å²) in [7, 11) is 1.53. The van der Waals surface area contributed by atoms with Gasteiger partial charge in [-0.3, -0.25) is 9.78 Å². The molecule has 3 heterocycles. The average Bonchev–Trinajstić information content (AvgIpc) is 3.25. The zero-order valence-corrected chi connectivity index (χ0v) is 15.3. The van der Waals surface area contributed by atoms with Crippen molar-refractivity contribution in [1.29, 1.82) is 0 Å². The number of carbonyl (C=O) groups excluding carboxylic acids is 1. The van der Waals surface area contributed by atoms with E-state index in [2.05, 4.69) is 15.1 Å². The fraction of sp³-hybridized carbons (Fsp3) is 0.300. The van der Waals surface area contributed by atoms with E-state index < -0.39 is 5.67 Å². The Kier molecular flexibility index (Phi) is 4.77. The van der Waals surface area contributed by atoms with Crippen LogP contribution in [0.25, 0.3) is 11.4 Å². The number of alkyl halides is 1. The SMILES string of the molecule is COc1cccc(C(=O)N2CCCC(F)(c3nc(-c4ccncc4)no3)C2)c1. The number of rotatable bonds is 4. The summed E-state index contributed by atoms with van der Waals surface area (Å²) >= 11 is 0. The summed E-state index contributed by atoms with van der Waals surface area (Å²) in [5.41, 5.74) is -0.745. The van der Waals surface area contributed by atoms with Crippen molar-refractivity contribution < 1.29 is 18.4 Å². The quantitative estimate of drug-likeness (QED) is 0.689. The maximum Gasteiger partial charge on any atom is 0.266 e. The Balaban J connectivity index is 1.55. The highest BCUT2D eigenvalue weighted by atomic mass is 19.1. The minimum Gasteiger partial charge on any atom is -0.497 e. The highest BCUT2D eigenvalue weighted by Crippen LogP contribution is 2.36. The lowest BCUT2D eigenvalue weighted by molar-refractivity contribution is 0.0152. The van der Waals surface area contributed by atoms with Gasteiger partial charge in [0.05, 0.1) is 13.7 Å². The number of amides is 1. The van der Waals surface area contributed by atoms with E-state index in [1.807, 2.05) is 0 Å². The number of hydrogen-bond donors (Lipinski definition) is 0. The molecule has 0 saturated carbocycles. The Hall–Kier alpha value is -3.29. The third-order valence-electron chi connectivity index (χ3n) is 4.79. The van der Waals surface area contributed by atoms with Crippen LogP contribution < -0.4 is 4.74 Å². The Morgan fingerprint density at radius 3 is 2.89 bits per heavy atom. The molecule has 1 aromatic carbocycles. The molecular formula is C20H19FN4O3.